The molecule has 0 radical (unpaired) electrons. The summed E-state index contributed by atoms with van der Waals surface area (Å²) < 4.78 is 15.6. The fraction of sp³-hybridized carbons (Fsp3) is 0.440. The van der Waals surface area contributed by atoms with Gasteiger partial charge in [-0.15, -0.1) is 0 Å². The summed E-state index contributed by atoms with van der Waals surface area (Å²) in [5.41, 5.74) is 2.07. The van der Waals surface area contributed by atoms with Crippen LogP contribution >= 0.6 is 0 Å². The summed E-state index contributed by atoms with van der Waals surface area (Å²) in [7, 11) is 4.76. The van der Waals surface area contributed by atoms with Crippen LogP contribution in [0, 0.1) is 0 Å². The molecule has 33 heavy (non-hydrogen) atoms. The van der Waals surface area contributed by atoms with Crippen molar-refractivity contribution in [2.45, 2.75) is 25.3 Å². The number of benzene rings is 2. The Morgan fingerprint density at radius 1 is 0.970 bits per heavy atom. The summed E-state index contributed by atoms with van der Waals surface area (Å²) in [6, 6.07) is 12.9. The minimum Gasteiger partial charge on any atom is -0.497 e. The van der Waals surface area contributed by atoms with Crippen LogP contribution in [0.1, 0.15) is 40.0 Å². The Hall–Kier alpha value is -3.26. The summed E-state index contributed by atoms with van der Waals surface area (Å²) >= 11 is 0. The molecule has 0 aliphatic carbocycles. The SMILES string of the molecule is COCCCNC(=O)c1ccccc1N1CCC(NC(=O)c2ccc(OC)cc2OC)CC1. The lowest BCUT2D eigenvalue weighted by molar-refractivity contribution is 0.0926. The molecule has 0 unspecified atom stereocenters. The van der Waals surface area contributed by atoms with Gasteiger partial charge in [0.05, 0.1) is 25.3 Å². The molecule has 0 atom stereocenters. The number of hydrogen-bond acceptors (Lipinski definition) is 6. The lowest BCUT2D eigenvalue weighted by atomic mass is 10.0. The fourth-order valence-corrected chi connectivity index (χ4v) is 3.97. The highest BCUT2D eigenvalue weighted by Gasteiger charge is 2.25. The lowest BCUT2D eigenvalue weighted by Crippen LogP contribution is -2.45. The van der Waals surface area contributed by atoms with Crippen LogP contribution in [0.15, 0.2) is 42.5 Å². The second-order valence-electron chi connectivity index (χ2n) is 7.92. The van der Waals surface area contributed by atoms with Gasteiger partial charge in [0.2, 0.25) is 0 Å². The van der Waals surface area contributed by atoms with Crippen LogP contribution < -0.4 is 25.0 Å². The first-order valence-corrected chi connectivity index (χ1v) is 11.2. The number of rotatable bonds is 10. The second-order valence-corrected chi connectivity index (χ2v) is 7.92. The monoisotopic (exact) mass is 455 g/mol. The Balaban J connectivity index is 1.58. The highest BCUT2D eigenvalue weighted by atomic mass is 16.5. The molecule has 3 rings (SSSR count). The van der Waals surface area contributed by atoms with Crippen LogP contribution in [0.25, 0.3) is 0 Å². The van der Waals surface area contributed by atoms with Gasteiger partial charge in [0.25, 0.3) is 11.8 Å². The maximum absolute atomic E-state index is 12.8. The third kappa shape index (κ3) is 6.38. The zero-order valence-electron chi connectivity index (χ0n) is 19.6. The van der Waals surface area contributed by atoms with Crippen molar-refractivity contribution in [2.24, 2.45) is 0 Å². The number of para-hydroxylation sites is 1. The molecule has 0 bridgehead atoms. The summed E-state index contributed by atoms with van der Waals surface area (Å²) in [6.45, 7) is 2.69. The average Bonchev–Trinajstić information content (AvgIpc) is 2.86. The highest BCUT2D eigenvalue weighted by Crippen LogP contribution is 2.27. The Kier molecular flexibility index (Phi) is 8.95. The van der Waals surface area contributed by atoms with Gasteiger partial charge in [0.15, 0.2) is 0 Å². The van der Waals surface area contributed by atoms with E-state index in [4.69, 9.17) is 14.2 Å². The molecule has 2 aromatic rings. The van der Waals surface area contributed by atoms with E-state index in [1.54, 1.807) is 32.4 Å². The van der Waals surface area contributed by atoms with E-state index in [1.165, 1.54) is 7.11 Å². The predicted octanol–water partition coefficient (Wildman–Crippen LogP) is 2.87. The quantitative estimate of drug-likeness (QED) is 0.536. The molecule has 1 aliphatic heterocycles. The summed E-state index contributed by atoms with van der Waals surface area (Å²) in [6.07, 6.45) is 2.34. The molecule has 1 fully saturated rings. The maximum atomic E-state index is 12.8. The van der Waals surface area contributed by atoms with Crippen molar-refractivity contribution >= 4 is 17.5 Å². The number of carbonyl (C=O) groups is 2. The minimum absolute atomic E-state index is 0.0515. The third-order valence-corrected chi connectivity index (χ3v) is 5.78. The van der Waals surface area contributed by atoms with Gasteiger partial charge in [-0.3, -0.25) is 9.59 Å². The van der Waals surface area contributed by atoms with Crippen molar-refractivity contribution in [3.05, 3.63) is 53.6 Å². The van der Waals surface area contributed by atoms with Crippen molar-refractivity contribution in [1.29, 1.82) is 0 Å². The number of anilines is 1. The Morgan fingerprint density at radius 3 is 2.42 bits per heavy atom. The van der Waals surface area contributed by atoms with Crippen molar-refractivity contribution in [3.63, 3.8) is 0 Å². The van der Waals surface area contributed by atoms with Gasteiger partial charge in [-0.05, 0) is 43.5 Å². The van der Waals surface area contributed by atoms with E-state index in [0.29, 0.717) is 35.8 Å². The second kappa shape index (κ2) is 12.1. The number of piperidine rings is 1. The van der Waals surface area contributed by atoms with Gasteiger partial charge in [-0.1, -0.05) is 12.1 Å². The molecule has 1 aliphatic rings. The molecule has 1 saturated heterocycles. The molecule has 178 valence electrons. The van der Waals surface area contributed by atoms with Gasteiger partial charge in [0, 0.05) is 51.1 Å². The van der Waals surface area contributed by atoms with Gasteiger partial charge >= 0.3 is 0 Å². The van der Waals surface area contributed by atoms with Crippen LogP contribution in [0.3, 0.4) is 0 Å². The standard InChI is InChI=1S/C25H33N3O5/c1-31-16-6-13-26-24(29)20-7-4-5-8-22(20)28-14-11-18(12-15-28)27-25(30)21-10-9-19(32-2)17-23(21)33-3/h4-5,7-10,17-18H,6,11-16H2,1-3H3,(H,26,29)(H,27,30). The first kappa shape index (κ1) is 24.4. The number of hydrogen-bond donors (Lipinski definition) is 2. The van der Waals surface area contributed by atoms with Crippen LogP contribution in [-0.4, -0.2) is 65.4 Å². The molecule has 8 heteroatoms. The minimum atomic E-state index is -0.163. The predicted molar refractivity (Wildman–Crippen MR) is 128 cm³/mol. The molecular formula is C25H33N3O5. The third-order valence-electron chi connectivity index (χ3n) is 5.78. The molecule has 2 N–H and O–H groups in total. The average molecular weight is 456 g/mol. The van der Waals surface area contributed by atoms with Gasteiger partial charge in [-0.25, -0.2) is 0 Å². The first-order chi connectivity index (χ1) is 16.1. The van der Waals surface area contributed by atoms with Crippen LogP contribution in [0.5, 0.6) is 11.5 Å². The van der Waals surface area contributed by atoms with E-state index in [0.717, 1.165) is 38.0 Å². The molecule has 2 aromatic carbocycles. The summed E-state index contributed by atoms with van der Waals surface area (Å²) in [4.78, 5) is 27.7. The van der Waals surface area contributed by atoms with Crippen LogP contribution in [0.2, 0.25) is 0 Å². The number of carbonyl (C=O) groups excluding carboxylic acids is 2. The van der Waals surface area contributed by atoms with E-state index in [2.05, 4.69) is 15.5 Å². The molecule has 0 spiro atoms. The topological polar surface area (TPSA) is 89.1 Å². The van der Waals surface area contributed by atoms with E-state index in [9.17, 15) is 9.59 Å². The zero-order valence-corrected chi connectivity index (χ0v) is 19.6. The number of nitrogens with zero attached hydrogens (tertiary/aromatic N) is 1. The number of nitrogens with one attached hydrogen (secondary N) is 2. The van der Waals surface area contributed by atoms with Gasteiger partial charge in [0.1, 0.15) is 11.5 Å². The number of methoxy groups -OCH3 is 3. The lowest BCUT2D eigenvalue weighted by Gasteiger charge is -2.35. The molecule has 8 nitrogen and oxygen atoms in total. The van der Waals surface area contributed by atoms with Crippen molar-refractivity contribution in [1.82, 2.24) is 10.6 Å². The van der Waals surface area contributed by atoms with E-state index < -0.39 is 0 Å². The summed E-state index contributed by atoms with van der Waals surface area (Å²) in [5.74, 6) is 0.875. The van der Waals surface area contributed by atoms with Crippen LogP contribution in [0.4, 0.5) is 5.69 Å². The first-order valence-electron chi connectivity index (χ1n) is 11.2. The van der Waals surface area contributed by atoms with Gasteiger partial charge in [-0.2, -0.15) is 0 Å². The van der Waals surface area contributed by atoms with E-state index >= 15 is 0 Å². The summed E-state index contributed by atoms with van der Waals surface area (Å²) in [5, 5.41) is 6.08. The normalized spacial score (nSPS) is 14.0. The highest BCUT2D eigenvalue weighted by molar-refractivity contribution is 6.00. The Labute approximate surface area is 195 Å². The number of amides is 2. The molecule has 0 saturated carbocycles. The zero-order chi connectivity index (χ0) is 23.6. The maximum Gasteiger partial charge on any atom is 0.255 e. The molecule has 1 heterocycles. The molecular weight excluding hydrogens is 422 g/mol. The fourth-order valence-electron chi connectivity index (χ4n) is 3.97. The van der Waals surface area contributed by atoms with Crippen molar-refractivity contribution < 1.29 is 23.8 Å². The van der Waals surface area contributed by atoms with Crippen LogP contribution in [-0.2, 0) is 4.74 Å². The smallest absolute Gasteiger partial charge is 0.255 e. The van der Waals surface area contributed by atoms with Crippen molar-refractivity contribution in [2.75, 3.05) is 52.5 Å². The van der Waals surface area contributed by atoms with Crippen molar-refractivity contribution in [3.8, 4) is 11.5 Å². The van der Waals surface area contributed by atoms with Gasteiger partial charge < -0.3 is 29.7 Å². The van der Waals surface area contributed by atoms with E-state index in [-0.39, 0.29) is 17.9 Å². The largest absolute Gasteiger partial charge is 0.497 e. The molecule has 0 aromatic heterocycles. The Bertz CT molecular complexity index is 941. The number of ether oxygens (including phenoxy) is 3. The molecule has 2 amide bonds. The van der Waals surface area contributed by atoms with E-state index in [1.807, 2.05) is 24.3 Å². The Morgan fingerprint density at radius 2 is 1.73 bits per heavy atom.